The highest BCUT2D eigenvalue weighted by molar-refractivity contribution is 6.01. The second-order valence-electron chi connectivity index (χ2n) is 7.03. The molecule has 0 radical (unpaired) electrons. The predicted molar refractivity (Wildman–Crippen MR) is 94.8 cm³/mol. The van der Waals surface area contributed by atoms with E-state index in [4.69, 9.17) is 4.74 Å². The number of anilines is 1. The Balaban J connectivity index is 1.37. The van der Waals surface area contributed by atoms with Crippen molar-refractivity contribution in [1.82, 2.24) is 9.80 Å². The molecule has 1 aromatic rings. The molecule has 2 fully saturated rings. The molecule has 3 amide bonds. The fourth-order valence-electron chi connectivity index (χ4n) is 4.07. The van der Waals surface area contributed by atoms with Gasteiger partial charge < -0.3 is 19.4 Å². The first-order chi connectivity index (χ1) is 12.6. The average Bonchev–Trinajstić information content (AvgIpc) is 3.10. The average molecular weight is 357 g/mol. The van der Waals surface area contributed by atoms with E-state index >= 15 is 0 Å². The fraction of sp³-hybridized carbons (Fsp3) is 0.526. The minimum atomic E-state index is -0.245. The van der Waals surface area contributed by atoms with Gasteiger partial charge in [0.15, 0.2) is 0 Å². The Labute approximate surface area is 152 Å². The highest BCUT2D eigenvalue weighted by Gasteiger charge is 2.34. The molecular weight excluding hydrogens is 334 g/mol. The van der Waals surface area contributed by atoms with Crippen molar-refractivity contribution in [2.24, 2.45) is 0 Å². The monoisotopic (exact) mass is 357 g/mol. The zero-order valence-electron chi connectivity index (χ0n) is 14.7. The van der Waals surface area contributed by atoms with Crippen LogP contribution in [0.5, 0.6) is 0 Å². The number of piperidine rings is 1. The molecule has 7 nitrogen and oxygen atoms in total. The van der Waals surface area contributed by atoms with Crippen molar-refractivity contribution in [2.45, 2.75) is 31.7 Å². The van der Waals surface area contributed by atoms with Crippen LogP contribution in [0, 0.1) is 0 Å². The topological polar surface area (TPSA) is 70.2 Å². The first-order valence-electron chi connectivity index (χ1n) is 9.23. The van der Waals surface area contributed by atoms with Crippen LogP contribution in [-0.4, -0.2) is 66.5 Å². The number of fused-ring (bicyclic) bond motifs is 1. The summed E-state index contributed by atoms with van der Waals surface area (Å²) in [5, 5.41) is 0. The zero-order chi connectivity index (χ0) is 18.1. The van der Waals surface area contributed by atoms with Crippen LogP contribution in [-0.2, 0) is 20.7 Å². The first-order valence-corrected chi connectivity index (χ1v) is 9.23. The number of para-hydroxylation sites is 1. The summed E-state index contributed by atoms with van der Waals surface area (Å²) in [6, 6.07) is 7.93. The van der Waals surface area contributed by atoms with Crippen molar-refractivity contribution in [3.63, 3.8) is 0 Å². The molecule has 0 unspecified atom stereocenters. The summed E-state index contributed by atoms with van der Waals surface area (Å²) in [5.74, 6) is -0.0238. The number of aryl methyl sites for hydroxylation is 1. The van der Waals surface area contributed by atoms with Gasteiger partial charge in [-0.15, -0.1) is 0 Å². The number of hydrogen-bond donors (Lipinski definition) is 0. The van der Waals surface area contributed by atoms with E-state index in [1.54, 1.807) is 9.80 Å². The summed E-state index contributed by atoms with van der Waals surface area (Å²) in [6.45, 7) is 2.39. The Bertz CT molecular complexity index is 727. The van der Waals surface area contributed by atoms with Gasteiger partial charge in [0.05, 0.1) is 6.54 Å². The van der Waals surface area contributed by atoms with Crippen LogP contribution in [0.3, 0.4) is 0 Å². The van der Waals surface area contributed by atoms with E-state index in [-0.39, 0.29) is 30.5 Å². The van der Waals surface area contributed by atoms with Gasteiger partial charge in [-0.2, -0.15) is 0 Å². The summed E-state index contributed by atoms with van der Waals surface area (Å²) in [4.78, 5) is 42.0. The number of hydrogen-bond acceptors (Lipinski definition) is 4. The van der Waals surface area contributed by atoms with E-state index in [1.807, 2.05) is 29.2 Å². The molecule has 138 valence electrons. The maximum Gasteiger partial charge on any atom is 0.410 e. The number of carbonyl (C=O) groups excluding carboxylic acids is 3. The number of cyclic esters (lactones) is 1. The van der Waals surface area contributed by atoms with Gasteiger partial charge >= 0.3 is 6.09 Å². The lowest BCUT2D eigenvalue weighted by Crippen LogP contribution is -2.50. The van der Waals surface area contributed by atoms with Crippen LogP contribution in [0.25, 0.3) is 0 Å². The largest absolute Gasteiger partial charge is 0.448 e. The second kappa shape index (κ2) is 6.97. The molecule has 1 aromatic carbocycles. The summed E-state index contributed by atoms with van der Waals surface area (Å²) in [5.41, 5.74) is 1.97. The molecule has 7 heteroatoms. The molecule has 26 heavy (non-hydrogen) atoms. The van der Waals surface area contributed by atoms with Gasteiger partial charge in [0.2, 0.25) is 11.8 Å². The zero-order valence-corrected chi connectivity index (χ0v) is 14.7. The Morgan fingerprint density at radius 3 is 2.58 bits per heavy atom. The summed E-state index contributed by atoms with van der Waals surface area (Å²) in [7, 11) is 0. The minimum absolute atomic E-state index is 0.00625. The Kier molecular flexibility index (Phi) is 4.53. The molecule has 0 aliphatic carbocycles. The van der Waals surface area contributed by atoms with Gasteiger partial charge in [0.1, 0.15) is 13.2 Å². The Hall–Kier alpha value is -2.57. The van der Waals surface area contributed by atoms with Gasteiger partial charge in [0.25, 0.3) is 0 Å². The van der Waals surface area contributed by atoms with Gasteiger partial charge in [-0.3, -0.25) is 9.59 Å². The highest BCUT2D eigenvalue weighted by Crippen LogP contribution is 2.28. The molecule has 0 saturated carbocycles. The fourth-order valence-corrected chi connectivity index (χ4v) is 4.07. The van der Waals surface area contributed by atoms with E-state index in [0.717, 1.165) is 30.5 Å². The lowest BCUT2D eigenvalue weighted by Gasteiger charge is -2.37. The molecule has 3 aliphatic rings. The minimum Gasteiger partial charge on any atom is -0.448 e. The summed E-state index contributed by atoms with van der Waals surface area (Å²) in [6.07, 6.45) is 2.45. The van der Waals surface area contributed by atoms with Gasteiger partial charge in [-0.05, 0) is 30.9 Å². The number of benzene rings is 1. The van der Waals surface area contributed by atoms with Crippen LogP contribution < -0.4 is 4.90 Å². The van der Waals surface area contributed by atoms with Crippen molar-refractivity contribution in [1.29, 1.82) is 0 Å². The van der Waals surface area contributed by atoms with Crippen molar-refractivity contribution in [3.05, 3.63) is 29.8 Å². The van der Waals surface area contributed by atoms with Crippen LogP contribution in [0.4, 0.5) is 10.5 Å². The van der Waals surface area contributed by atoms with E-state index in [0.29, 0.717) is 32.7 Å². The quantitative estimate of drug-likeness (QED) is 0.820. The van der Waals surface area contributed by atoms with E-state index in [1.165, 1.54) is 0 Å². The van der Waals surface area contributed by atoms with Crippen LogP contribution in [0.15, 0.2) is 24.3 Å². The molecule has 3 heterocycles. The SMILES string of the molecule is O=C(CN1C(=O)CCc2ccccc21)N1CCC(N2CCOC2=O)CC1. The third-order valence-electron chi connectivity index (χ3n) is 5.54. The van der Waals surface area contributed by atoms with Crippen LogP contribution in [0.2, 0.25) is 0 Å². The maximum absolute atomic E-state index is 12.7. The number of carbonyl (C=O) groups is 3. The standard InChI is InChI=1S/C19H23N3O4/c23-17-6-5-14-3-1-2-4-16(14)22(17)13-18(24)20-9-7-15(8-10-20)21-11-12-26-19(21)25/h1-4,15H,5-13H2. The molecule has 2 saturated heterocycles. The number of amides is 3. The summed E-state index contributed by atoms with van der Waals surface area (Å²) >= 11 is 0. The lowest BCUT2D eigenvalue weighted by molar-refractivity contribution is -0.132. The lowest BCUT2D eigenvalue weighted by atomic mass is 10.0. The predicted octanol–water partition coefficient (Wildman–Crippen LogP) is 1.41. The molecule has 4 rings (SSSR count). The van der Waals surface area contributed by atoms with Crippen molar-refractivity contribution in [3.8, 4) is 0 Å². The van der Waals surface area contributed by atoms with Crippen molar-refractivity contribution < 1.29 is 19.1 Å². The smallest absolute Gasteiger partial charge is 0.410 e. The second-order valence-corrected chi connectivity index (χ2v) is 7.03. The Morgan fingerprint density at radius 1 is 1.08 bits per heavy atom. The van der Waals surface area contributed by atoms with E-state index < -0.39 is 0 Å². The molecule has 3 aliphatic heterocycles. The number of nitrogens with zero attached hydrogens (tertiary/aromatic N) is 3. The van der Waals surface area contributed by atoms with Gasteiger partial charge in [-0.1, -0.05) is 18.2 Å². The highest BCUT2D eigenvalue weighted by atomic mass is 16.6. The molecule has 0 aromatic heterocycles. The van der Waals surface area contributed by atoms with Gasteiger partial charge in [0, 0.05) is 31.2 Å². The molecule has 0 bridgehead atoms. The third-order valence-corrected chi connectivity index (χ3v) is 5.54. The van der Waals surface area contributed by atoms with Crippen LogP contribution >= 0.6 is 0 Å². The first kappa shape index (κ1) is 16.9. The van der Waals surface area contributed by atoms with Crippen LogP contribution in [0.1, 0.15) is 24.8 Å². The van der Waals surface area contributed by atoms with E-state index in [2.05, 4.69) is 0 Å². The number of rotatable bonds is 3. The summed E-state index contributed by atoms with van der Waals surface area (Å²) < 4.78 is 5.00. The molecule has 0 N–H and O–H groups in total. The van der Waals surface area contributed by atoms with Gasteiger partial charge in [-0.25, -0.2) is 4.79 Å². The van der Waals surface area contributed by atoms with Crippen molar-refractivity contribution in [2.75, 3.05) is 37.7 Å². The maximum atomic E-state index is 12.7. The Morgan fingerprint density at radius 2 is 1.85 bits per heavy atom. The molecule has 0 spiro atoms. The van der Waals surface area contributed by atoms with Crippen molar-refractivity contribution >= 4 is 23.6 Å². The molecule has 0 atom stereocenters. The normalized spacial score (nSPS) is 21.0. The third kappa shape index (κ3) is 3.13. The number of likely N-dealkylation sites (tertiary alicyclic amines) is 1. The number of ether oxygens (including phenoxy) is 1. The molecular formula is C19H23N3O4. The van der Waals surface area contributed by atoms with E-state index in [9.17, 15) is 14.4 Å².